The number of hydrogen-bond acceptors (Lipinski definition) is 4. The lowest BCUT2D eigenvalue weighted by Gasteiger charge is -2.20. The second-order valence-corrected chi connectivity index (χ2v) is 5.67. The normalized spacial score (nSPS) is 13.8. The van der Waals surface area contributed by atoms with E-state index < -0.39 is 6.10 Å². The van der Waals surface area contributed by atoms with Crippen LogP contribution in [0.4, 0.5) is 11.4 Å². The molecular formula is C16H26N2O3. The van der Waals surface area contributed by atoms with Crippen LogP contribution in [0.2, 0.25) is 0 Å². The van der Waals surface area contributed by atoms with Crippen molar-refractivity contribution >= 4 is 17.3 Å². The molecule has 0 saturated heterocycles. The van der Waals surface area contributed by atoms with Gasteiger partial charge in [0.1, 0.15) is 11.9 Å². The zero-order chi connectivity index (χ0) is 16.0. The molecule has 0 aromatic heterocycles. The maximum Gasteiger partial charge on any atom is 0.253 e. The lowest BCUT2D eigenvalue weighted by atomic mass is 10.1. The Hall–Kier alpha value is -1.75. The number of methoxy groups -OCH3 is 1. The summed E-state index contributed by atoms with van der Waals surface area (Å²) in [6.45, 7) is 7.98. The van der Waals surface area contributed by atoms with Gasteiger partial charge in [0.2, 0.25) is 0 Å². The monoisotopic (exact) mass is 294 g/mol. The summed E-state index contributed by atoms with van der Waals surface area (Å²) in [7, 11) is 1.54. The van der Waals surface area contributed by atoms with Crippen molar-refractivity contribution in [3.05, 3.63) is 18.2 Å². The molecule has 1 aromatic carbocycles. The van der Waals surface area contributed by atoms with Crippen molar-refractivity contribution < 1.29 is 14.3 Å². The van der Waals surface area contributed by atoms with Crippen molar-refractivity contribution in [3.8, 4) is 5.75 Å². The minimum absolute atomic E-state index is 0.0408. The van der Waals surface area contributed by atoms with E-state index in [1.54, 1.807) is 25.1 Å². The molecule has 0 heterocycles. The molecule has 1 amide bonds. The minimum Gasteiger partial charge on any atom is -0.494 e. The van der Waals surface area contributed by atoms with Gasteiger partial charge in [0.25, 0.3) is 5.91 Å². The second kappa shape index (κ2) is 7.88. The second-order valence-electron chi connectivity index (χ2n) is 5.67. The van der Waals surface area contributed by atoms with E-state index in [0.717, 1.165) is 6.42 Å². The fourth-order valence-electron chi connectivity index (χ4n) is 2.18. The van der Waals surface area contributed by atoms with Crippen molar-refractivity contribution in [2.24, 2.45) is 5.92 Å². The molecule has 0 aliphatic rings. The van der Waals surface area contributed by atoms with Crippen LogP contribution in [0.3, 0.4) is 0 Å². The van der Waals surface area contributed by atoms with Gasteiger partial charge < -0.3 is 20.5 Å². The fourth-order valence-corrected chi connectivity index (χ4v) is 2.18. The number of carbonyl (C=O) groups is 1. The van der Waals surface area contributed by atoms with Gasteiger partial charge in [-0.2, -0.15) is 0 Å². The molecule has 3 N–H and O–H groups in total. The standard InChI is InChI=1S/C16H26N2O3/c1-10(2)8-11(3)21-12(4)16(19)18-14-7-6-13(17)9-15(14)20-5/h6-7,9-12H,8,17H2,1-5H3,(H,18,19). The third kappa shape index (κ3) is 5.63. The number of rotatable bonds is 7. The summed E-state index contributed by atoms with van der Waals surface area (Å²) in [5, 5.41) is 2.80. The van der Waals surface area contributed by atoms with Crippen LogP contribution in [-0.2, 0) is 9.53 Å². The third-order valence-electron chi connectivity index (χ3n) is 3.09. The van der Waals surface area contributed by atoms with Gasteiger partial charge in [-0.25, -0.2) is 0 Å². The summed E-state index contributed by atoms with van der Waals surface area (Å²) in [6.07, 6.45) is 0.433. The molecule has 0 aliphatic heterocycles. The summed E-state index contributed by atoms with van der Waals surface area (Å²) in [5.41, 5.74) is 6.86. The Kier molecular flexibility index (Phi) is 6.49. The molecule has 0 bridgehead atoms. The summed E-state index contributed by atoms with van der Waals surface area (Å²) in [4.78, 5) is 12.2. The molecule has 0 spiro atoms. The number of nitrogens with two attached hydrogens (primary N) is 1. The molecular weight excluding hydrogens is 268 g/mol. The van der Waals surface area contributed by atoms with Gasteiger partial charge in [0, 0.05) is 11.8 Å². The van der Waals surface area contributed by atoms with Crippen molar-refractivity contribution in [1.82, 2.24) is 0 Å². The van der Waals surface area contributed by atoms with Crippen LogP contribution in [0.25, 0.3) is 0 Å². The quantitative estimate of drug-likeness (QED) is 0.758. The Labute approximate surface area is 126 Å². The first kappa shape index (κ1) is 17.3. The van der Waals surface area contributed by atoms with Crippen molar-refractivity contribution in [3.63, 3.8) is 0 Å². The molecule has 21 heavy (non-hydrogen) atoms. The first-order chi connectivity index (χ1) is 9.83. The highest BCUT2D eigenvalue weighted by molar-refractivity contribution is 5.95. The highest BCUT2D eigenvalue weighted by Crippen LogP contribution is 2.26. The molecule has 1 aromatic rings. The fraction of sp³-hybridized carbons (Fsp3) is 0.562. The van der Waals surface area contributed by atoms with Gasteiger partial charge in [0.05, 0.1) is 18.9 Å². The molecule has 2 unspecified atom stereocenters. The molecule has 5 nitrogen and oxygen atoms in total. The third-order valence-corrected chi connectivity index (χ3v) is 3.09. The number of benzene rings is 1. The predicted octanol–water partition coefficient (Wildman–Crippen LogP) is 3.06. The molecule has 0 aliphatic carbocycles. The maximum atomic E-state index is 12.2. The van der Waals surface area contributed by atoms with Crippen LogP contribution in [0.5, 0.6) is 5.75 Å². The van der Waals surface area contributed by atoms with Crippen LogP contribution in [0.1, 0.15) is 34.1 Å². The van der Waals surface area contributed by atoms with E-state index in [2.05, 4.69) is 19.2 Å². The first-order valence-electron chi connectivity index (χ1n) is 7.23. The average molecular weight is 294 g/mol. The predicted molar refractivity (Wildman–Crippen MR) is 85.5 cm³/mol. The number of anilines is 2. The molecule has 0 fully saturated rings. The molecule has 118 valence electrons. The number of nitrogens with one attached hydrogen (secondary N) is 1. The van der Waals surface area contributed by atoms with Gasteiger partial charge in [-0.3, -0.25) is 4.79 Å². The van der Waals surface area contributed by atoms with Crippen LogP contribution < -0.4 is 15.8 Å². The highest BCUT2D eigenvalue weighted by Gasteiger charge is 2.18. The number of nitrogen functional groups attached to an aromatic ring is 1. The van der Waals surface area contributed by atoms with E-state index in [9.17, 15) is 4.79 Å². The maximum absolute atomic E-state index is 12.2. The number of carbonyl (C=O) groups excluding carboxylic acids is 1. The smallest absolute Gasteiger partial charge is 0.253 e. The zero-order valence-corrected chi connectivity index (χ0v) is 13.5. The van der Waals surface area contributed by atoms with Crippen LogP contribution >= 0.6 is 0 Å². The Morgan fingerprint density at radius 3 is 2.52 bits per heavy atom. The SMILES string of the molecule is COc1cc(N)ccc1NC(=O)C(C)OC(C)CC(C)C. The van der Waals surface area contributed by atoms with E-state index in [1.165, 1.54) is 7.11 Å². The van der Waals surface area contributed by atoms with E-state index in [4.69, 9.17) is 15.2 Å². The Bertz CT molecular complexity index is 475. The highest BCUT2D eigenvalue weighted by atomic mass is 16.5. The Balaban J connectivity index is 2.64. The van der Waals surface area contributed by atoms with Crippen LogP contribution in [-0.4, -0.2) is 25.2 Å². The summed E-state index contributed by atoms with van der Waals surface area (Å²) < 4.78 is 10.9. The van der Waals surface area contributed by atoms with Gasteiger partial charge in [-0.05, 0) is 38.3 Å². The molecule has 0 radical (unpaired) electrons. The van der Waals surface area contributed by atoms with E-state index >= 15 is 0 Å². The van der Waals surface area contributed by atoms with E-state index in [1.807, 2.05) is 6.92 Å². The number of ether oxygens (including phenoxy) is 2. The molecule has 0 saturated carbocycles. The van der Waals surface area contributed by atoms with Crippen molar-refractivity contribution in [2.45, 2.75) is 46.3 Å². The Morgan fingerprint density at radius 1 is 1.29 bits per heavy atom. The topological polar surface area (TPSA) is 73.6 Å². The Morgan fingerprint density at radius 2 is 1.95 bits per heavy atom. The van der Waals surface area contributed by atoms with E-state index in [0.29, 0.717) is 23.0 Å². The van der Waals surface area contributed by atoms with Crippen LogP contribution in [0.15, 0.2) is 18.2 Å². The van der Waals surface area contributed by atoms with Gasteiger partial charge in [-0.1, -0.05) is 13.8 Å². The lowest BCUT2D eigenvalue weighted by Crippen LogP contribution is -2.31. The largest absolute Gasteiger partial charge is 0.494 e. The summed E-state index contributed by atoms with van der Waals surface area (Å²) in [6, 6.07) is 5.10. The van der Waals surface area contributed by atoms with Crippen molar-refractivity contribution in [2.75, 3.05) is 18.2 Å². The zero-order valence-electron chi connectivity index (χ0n) is 13.5. The number of hydrogen-bond donors (Lipinski definition) is 2. The van der Waals surface area contributed by atoms with Crippen LogP contribution in [0, 0.1) is 5.92 Å². The molecule has 1 rings (SSSR count). The summed E-state index contributed by atoms with van der Waals surface area (Å²) >= 11 is 0. The number of amides is 1. The van der Waals surface area contributed by atoms with Gasteiger partial charge in [0.15, 0.2) is 0 Å². The van der Waals surface area contributed by atoms with Gasteiger partial charge in [-0.15, -0.1) is 0 Å². The molecule has 5 heteroatoms. The van der Waals surface area contributed by atoms with Gasteiger partial charge >= 0.3 is 0 Å². The van der Waals surface area contributed by atoms with Crippen molar-refractivity contribution in [1.29, 1.82) is 0 Å². The minimum atomic E-state index is -0.527. The summed E-state index contributed by atoms with van der Waals surface area (Å²) in [5.74, 6) is 0.868. The average Bonchev–Trinajstić information content (AvgIpc) is 2.39. The molecule has 2 atom stereocenters. The lowest BCUT2D eigenvalue weighted by molar-refractivity contribution is -0.129. The first-order valence-corrected chi connectivity index (χ1v) is 7.23. The van der Waals surface area contributed by atoms with E-state index in [-0.39, 0.29) is 12.0 Å².